The van der Waals surface area contributed by atoms with Crippen LogP contribution < -0.4 is 70.8 Å². The Morgan fingerprint density at radius 1 is 0.706 bits per heavy atom. The number of rotatable bonds is 26. The number of carbonyl (C=O) groups excluding carboxylic acids is 10. The van der Waals surface area contributed by atoms with Gasteiger partial charge in [0, 0.05) is 13.0 Å². The predicted octanol–water partition coefficient (Wildman–Crippen LogP) is -5.64. The first-order chi connectivity index (χ1) is 40.4. The maximum Gasteiger partial charge on any atom is 0.335 e. The van der Waals surface area contributed by atoms with Gasteiger partial charge in [0.1, 0.15) is 54.6 Å². The lowest BCUT2D eigenvalue weighted by molar-refractivity contribution is -0.155. The molecule has 1 aromatic rings. The number of ether oxygens (including phenoxy) is 1. The number of carbonyl (C=O) groups is 11. The number of nitrogens with two attached hydrogens (primary N) is 4. The summed E-state index contributed by atoms with van der Waals surface area (Å²) in [6, 6.07) is -6.93. The predicted molar refractivity (Wildman–Crippen MR) is 306 cm³/mol. The third-order valence-electron chi connectivity index (χ3n) is 13.1. The highest BCUT2D eigenvalue weighted by Crippen LogP contribution is 2.13. The highest BCUT2D eigenvalue weighted by Gasteiger charge is 2.40. The quantitative estimate of drug-likeness (QED) is 0.0103. The van der Waals surface area contributed by atoms with Crippen molar-refractivity contribution in [2.24, 2.45) is 27.9 Å². The van der Waals surface area contributed by atoms with Crippen molar-refractivity contribution < 1.29 is 83.0 Å². The van der Waals surface area contributed by atoms with Crippen LogP contribution in [0.3, 0.4) is 0 Å². The average molecular weight is 1230 g/mol. The van der Waals surface area contributed by atoms with Gasteiger partial charge in [0.25, 0.3) is 5.91 Å². The number of carboxylic acids is 1. The molecule has 1 aliphatic rings. The van der Waals surface area contributed by atoms with Gasteiger partial charge in [-0.15, -0.1) is 11.6 Å². The molecule has 9 amide bonds. The van der Waals surface area contributed by atoms with Gasteiger partial charge < -0.3 is 101 Å². The minimum atomic E-state index is -2.81. The van der Waals surface area contributed by atoms with Crippen LogP contribution in [0.2, 0.25) is 0 Å². The minimum absolute atomic E-state index is 0.0368. The van der Waals surface area contributed by atoms with E-state index in [1.807, 2.05) is 10.6 Å². The number of allylic oxidation sites excluding steroid dienone is 1. The number of hydrogen-bond acceptors (Lipinski definition) is 19. The number of benzene rings is 1. The fraction of sp³-hybridized carbons (Fsp3) is 0.623. The summed E-state index contributed by atoms with van der Waals surface area (Å²) in [7, 11) is 0. The number of alkyl halides is 1. The van der Waals surface area contributed by atoms with Gasteiger partial charge in [-0.1, -0.05) is 88.3 Å². The molecule has 1 fully saturated rings. The van der Waals surface area contributed by atoms with Crippen molar-refractivity contribution in [1.29, 1.82) is 0 Å². The van der Waals surface area contributed by atoms with Crippen LogP contribution >= 0.6 is 11.6 Å². The smallest absolute Gasteiger partial charge is 0.335 e. The van der Waals surface area contributed by atoms with E-state index in [0.717, 1.165) is 44.6 Å². The molecule has 0 spiro atoms. The molecule has 476 valence electrons. The number of nitrogens with zero attached hydrogens (tertiary/aromatic N) is 1. The number of cyclic esters (lactones) is 1. The zero-order chi connectivity index (χ0) is 63.6. The zero-order valence-electron chi connectivity index (χ0n) is 47.7. The summed E-state index contributed by atoms with van der Waals surface area (Å²) < 4.78 is 5.27. The number of esters is 1. The summed E-state index contributed by atoms with van der Waals surface area (Å²) in [5, 5.41) is 73.2. The number of aliphatic imine (C=N–C) groups is 1. The lowest BCUT2D eigenvalue weighted by Gasteiger charge is -2.28. The van der Waals surface area contributed by atoms with Crippen molar-refractivity contribution in [1.82, 2.24) is 47.9 Å². The van der Waals surface area contributed by atoms with Crippen LogP contribution in [0.4, 0.5) is 0 Å². The van der Waals surface area contributed by atoms with Crippen molar-refractivity contribution in [3.8, 4) is 0 Å². The summed E-state index contributed by atoms with van der Waals surface area (Å²) in [6.07, 6.45) is -0.182. The molecular formula is C53H85ClN14O17. The molecule has 0 aliphatic carbocycles. The topological polar surface area (TPSA) is 523 Å². The van der Waals surface area contributed by atoms with Gasteiger partial charge in [0.15, 0.2) is 18.1 Å². The molecular weight excluding hydrogens is 1140 g/mol. The number of hydrogen-bond donors (Lipinski definition) is 18. The van der Waals surface area contributed by atoms with E-state index < -0.39 is 163 Å². The third-order valence-corrected chi connectivity index (χ3v) is 13.4. The summed E-state index contributed by atoms with van der Waals surface area (Å²) >= 11 is 5.88. The Hall–Kier alpha value is -7.55. The van der Waals surface area contributed by atoms with E-state index in [1.165, 1.54) is 6.92 Å². The van der Waals surface area contributed by atoms with E-state index in [-0.39, 0.29) is 64.1 Å². The first-order valence-corrected chi connectivity index (χ1v) is 28.5. The van der Waals surface area contributed by atoms with Crippen LogP contribution in [-0.2, 0) is 63.9 Å². The summed E-state index contributed by atoms with van der Waals surface area (Å²) in [5.74, 6) is -15.6. The largest absolute Gasteiger partial charge is 0.479 e. The fourth-order valence-corrected chi connectivity index (χ4v) is 8.55. The molecule has 1 aliphatic heterocycles. The van der Waals surface area contributed by atoms with E-state index in [1.54, 1.807) is 30.3 Å². The number of aliphatic carboxylic acids is 1. The van der Waals surface area contributed by atoms with Gasteiger partial charge in [-0.05, 0) is 57.7 Å². The molecule has 0 aromatic heterocycles. The van der Waals surface area contributed by atoms with Crippen molar-refractivity contribution in [2.45, 2.75) is 170 Å². The molecule has 1 heterocycles. The van der Waals surface area contributed by atoms with E-state index >= 15 is 0 Å². The maximum absolute atomic E-state index is 14.3. The van der Waals surface area contributed by atoms with Crippen molar-refractivity contribution in [3.05, 3.63) is 47.7 Å². The fourth-order valence-electron chi connectivity index (χ4n) is 8.38. The summed E-state index contributed by atoms with van der Waals surface area (Å²) in [5.41, 5.74) is 22.4. The number of aliphatic hydroxyl groups excluding tert-OH is 4. The number of unbranched alkanes of at least 4 members (excludes halogenated alkanes) is 6. The number of guanidine groups is 1. The molecule has 0 saturated carbocycles. The van der Waals surface area contributed by atoms with Crippen molar-refractivity contribution in [2.75, 3.05) is 38.7 Å². The van der Waals surface area contributed by atoms with Crippen LogP contribution in [-0.4, -0.2) is 202 Å². The Balaban J connectivity index is 2.81. The van der Waals surface area contributed by atoms with Crippen LogP contribution in [0.25, 0.3) is 0 Å². The Morgan fingerprint density at radius 3 is 1.78 bits per heavy atom. The first-order valence-electron chi connectivity index (χ1n) is 27.9. The lowest BCUT2D eigenvalue weighted by atomic mass is 10.0. The molecule has 2 rings (SSSR count). The van der Waals surface area contributed by atoms with Gasteiger partial charge in [-0.2, -0.15) is 0 Å². The Kier molecular flexibility index (Phi) is 34.5. The van der Waals surface area contributed by atoms with E-state index in [9.17, 15) is 78.3 Å². The van der Waals surface area contributed by atoms with E-state index in [2.05, 4.69) is 49.1 Å². The van der Waals surface area contributed by atoms with Crippen molar-refractivity contribution >= 4 is 82.7 Å². The first kappa shape index (κ1) is 73.6. The number of nitrogens with one attached hydrogen (secondary N) is 9. The van der Waals surface area contributed by atoms with Crippen LogP contribution in [0, 0.1) is 0 Å². The molecule has 1 saturated heterocycles. The van der Waals surface area contributed by atoms with Gasteiger partial charge in [-0.25, -0.2) is 9.59 Å². The molecule has 11 atom stereocenters. The summed E-state index contributed by atoms with van der Waals surface area (Å²) in [4.78, 5) is 156. The van der Waals surface area contributed by atoms with Gasteiger partial charge in [0.05, 0.1) is 31.1 Å². The highest BCUT2D eigenvalue weighted by molar-refractivity contribution is 6.18. The molecule has 0 radical (unpaired) electrons. The molecule has 32 heteroatoms. The number of halogens is 1. The number of aliphatic hydroxyl groups is 4. The van der Waals surface area contributed by atoms with Gasteiger partial charge >= 0.3 is 11.9 Å². The maximum atomic E-state index is 14.3. The molecule has 0 bridgehead atoms. The molecule has 31 nitrogen and oxygen atoms in total. The van der Waals surface area contributed by atoms with E-state index in [0.29, 0.717) is 12.0 Å². The average Bonchev–Trinajstić information content (AvgIpc) is 3.67. The standard InChI is InChI=1S/C53H85ClN14O17/c1-3-5-6-7-8-9-13-17-30(70)25-39(72)60-37-28-85-52(84)40(38(71)26-54)67-50(81)41(42(73)51(82)83)68-43(74)31(4-2)61-47(78)35(24-29-15-11-10-12-16-29)65-44(75)32(18-14-23-59-53(57)58)62-45(76)33(19-21-55)63-46(77)34(20-22-56)64-48(79)36(27-69)66-49(37)80/h4,10-12,15-16,30,32-38,40-42,69-71,73H,3,5-9,13-14,17-28,55-56H2,1-2H3,(H,60,72)(H,61,78)(H,62,76)(H,63,77)(H,64,79)(H,65,75)(H,66,80)(H,67,81)(H,68,74)(H,82,83)(H4,57,58,59)/b31-4-/t30-,32?,33?,34+,35+,36?,37?,38-,40?,41+,42+/m1/s1. The van der Waals surface area contributed by atoms with Gasteiger partial charge in [0.2, 0.25) is 47.3 Å². The molecule has 85 heavy (non-hydrogen) atoms. The SMILES string of the molecule is C/C=C1\NC(=O)[C@H](Cc2ccccc2)NC(=O)C(CCCN=C(N)N)NC(=O)C(CCN)NC(=O)[C@H](CCN)NC(=O)C(CO)NC(=O)C(NC(=O)C[C@H](O)CCCCCCCCC)COC(=O)C([C@H](O)CCl)NC(=O)[C@H]([C@H](O)C(=O)O)NC1=O. The van der Waals surface area contributed by atoms with Crippen LogP contribution in [0.15, 0.2) is 47.1 Å². The Bertz CT molecular complexity index is 2440. The monoisotopic (exact) mass is 1220 g/mol. The Labute approximate surface area is 496 Å². The van der Waals surface area contributed by atoms with Crippen LogP contribution in [0.1, 0.15) is 103 Å². The minimum Gasteiger partial charge on any atom is -0.479 e. The third kappa shape index (κ3) is 26.9. The highest BCUT2D eigenvalue weighted by atomic mass is 35.5. The van der Waals surface area contributed by atoms with Crippen LogP contribution in [0.5, 0.6) is 0 Å². The second kappa shape index (κ2) is 39.9. The van der Waals surface area contributed by atoms with Gasteiger partial charge in [-0.3, -0.25) is 48.1 Å². The molecule has 1 aromatic carbocycles. The second-order valence-corrected chi connectivity index (χ2v) is 20.2. The number of amides is 9. The van der Waals surface area contributed by atoms with E-state index in [4.69, 9.17) is 39.3 Å². The summed E-state index contributed by atoms with van der Waals surface area (Å²) in [6.45, 7) is 0.417. The zero-order valence-corrected chi connectivity index (χ0v) is 48.5. The number of carboxylic acid groups (broad SMARTS) is 1. The normalized spacial score (nSPS) is 23.7. The Morgan fingerprint density at radius 2 is 1.25 bits per heavy atom. The molecule has 5 unspecified atom stereocenters. The molecule has 22 N–H and O–H groups in total. The lowest BCUT2D eigenvalue weighted by Crippen LogP contribution is -2.62. The van der Waals surface area contributed by atoms with Crippen molar-refractivity contribution in [3.63, 3.8) is 0 Å². The second-order valence-electron chi connectivity index (χ2n) is 19.9.